The summed E-state index contributed by atoms with van der Waals surface area (Å²) in [5.74, 6) is 1.65. The van der Waals surface area contributed by atoms with Gasteiger partial charge in [0.1, 0.15) is 19.3 Å². The van der Waals surface area contributed by atoms with Crippen LogP contribution in [0.2, 0.25) is 0 Å². The summed E-state index contributed by atoms with van der Waals surface area (Å²) < 4.78 is 16.9. The van der Waals surface area contributed by atoms with Crippen molar-refractivity contribution in [2.24, 2.45) is 0 Å². The van der Waals surface area contributed by atoms with Crippen LogP contribution in [0.3, 0.4) is 0 Å². The van der Waals surface area contributed by atoms with E-state index in [0.29, 0.717) is 32.9 Å². The molecule has 2 aromatic carbocycles. The Morgan fingerprint density at radius 3 is 2.67 bits per heavy atom. The van der Waals surface area contributed by atoms with E-state index in [1.807, 2.05) is 24.3 Å². The van der Waals surface area contributed by atoms with E-state index in [-0.39, 0.29) is 12.0 Å². The van der Waals surface area contributed by atoms with Gasteiger partial charge in [0.2, 0.25) is 5.91 Å². The quantitative estimate of drug-likeness (QED) is 0.678. The molecule has 4 rings (SSSR count). The lowest BCUT2D eigenvalue weighted by Gasteiger charge is -2.32. The van der Waals surface area contributed by atoms with E-state index >= 15 is 0 Å². The van der Waals surface area contributed by atoms with E-state index in [0.717, 1.165) is 43.9 Å². The second-order valence-electron chi connectivity index (χ2n) is 7.81. The van der Waals surface area contributed by atoms with E-state index in [1.54, 1.807) is 0 Å². The molecule has 2 aromatic rings. The molecule has 1 fully saturated rings. The largest absolute Gasteiger partial charge is 0.486 e. The van der Waals surface area contributed by atoms with Gasteiger partial charge in [-0.05, 0) is 42.5 Å². The Labute approximate surface area is 178 Å². The Balaban J connectivity index is 1.15. The highest BCUT2D eigenvalue weighted by atomic mass is 16.6. The molecule has 160 valence electrons. The number of carbonyl (C=O) groups excluding carboxylic acids is 1. The molecule has 0 radical (unpaired) electrons. The van der Waals surface area contributed by atoms with Gasteiger partial charge in [0.15, 0.2) is 11.5 Å². The van der Waals surface area contributed by atoms with Crippen LogP contribution in [0.15, 0.2) is 48.5 Å². The molecule has 1 unspecified atom stereocenters. The number of aryl methyl sites for hydroxylation is 1. The van der Waals surface area contributed by atoms with Crippen molar-refractivity contribution in [3.63, 3.8) is 0 Å². The van der Waals surface area contributed by atoms with Crippen molar-refractivity contribution in [1.82, 2.24) is 10.2 Å². The molecule has 6 nitrogen and oxygen atoms in total. The molecule has 0 saturated carbocycles. The topological polar surface area (TPSA) is 60.0 Å². The SMILES string of the molecule is O=C(NCCCCc1ccc2c(c1)OCCO2)C1CN(Cc2ccccc2)CCO1. The van der Waals surface area contributed by atoms with Crippen LogP contribution < -0.4 is 14.8 Å². The molecule has 1 saturated heterocycles. The summed E-state index contributed by atoms with van der Waals surface area (Å²) in [6.07, 6.45) is 2.50. The smallest absolute Gasteiger partial charge is 0.250 e. The number of hydrogen-bond acceptors (Lipinski definition) is 5. The molecule has 2 aliphatic rings. The van der Waals surface area contributed by atoms with Crippen LogP contribution in [-0.4, -0.2) is 56.4 Å². The second kappa shape index (κ2) is 10.5. The highest BCUT2D eigenvalue weighted by Crippen LogP contribution is 2.31. The average Bonchev–Trinajstić information content (AvgIpc) is 2.79. The molecular weight excluding hydrogens is 380 g/mol. The number of nitrogens with one attached hydrogen (secondary N) is 1. The number of nitrogens with zero attached hydrogens (tertiary/aromatic N) is 1. The molecule has 0 aliphatic carbocycles. The highest BCUT2D eigenvalue weighted by molar-refractivity contribution is 5.81. The first kappa shape index (κ1) is 20.7. The number of unbranched alkanes of at least 4 members (excludes halogenated alkanes) is 1. The molecule has 30 heavy (non-hydrogen) atoms. The number of fused-ring (bicyclic) bond motifs is 1. The Kier molecular flexibility index (Phi) is 7.21. The summed E-state index contributed by atoms with van der Waals surface area (Å²) in [5.41, 5.74) is 2.50. The van der Waals surface area contributed by atoms with E-state index in [1.165, 1.54) is 11.1 Å². The van der Waals surface area contributed by atoms with Gasteiger partial charge in [-0.2, -0.15) is 0 Å². The predicted octanol–water partition coefficient (Wildman–Crippen LogP) is 2.80. The van der Waals surface area contributed by atoms with Crippen LogP contribution in [0, 0.1) is 0 Å². The first-order valence-electron chi connectivity index (χ1n) is 10.8. The molecule has 0 bridgehead atoms. The van der Waals surface area contributed by atoms with Crippen LogP contribution in [-0.2, 0) is 22.5 Å². The van der Waals surface area contributed by atoms with Crippen LogP contribution in [0.1, 0.15) is 24.0 Å². The third-order valence-corrected chi connectivity index (χ3v) is 5.49. The monoisotopic (exact) mass is 410 g/mol. The van der Waals surface area contributed by atoms with Crippen molar-refractivity contribution in [3.8, 4) is 11.5 Å². The molecule has 2 aliphatic heterocycles. The Morgan fingerprint density at radius 2 is 1.80 bits per heavy atom. The first-order chi connectivity index (χ1) is 14.8. The lowest BCUT2D eigenvalue weighted by molar-refractivity contribution is -0.138. The molecule has 0 aromatic heterocycles. The molecule has 6 heteroatoms. The number of rotatable bonds is 8. The maximum atomic E-state index is 12.5. The lowest BCUT2D eigenvalue weighted by atomic mass is 10.1. The summed E-state index contributed by atoms with van der Waals surface area (Å²) >= 11 is 0. The van der Waals surface area contributed by atoms with Gasteiger partial charge < -0.3 is 19.5 Å². The van der Waals surface area contributed by atoms with Gasteiger partial charge >= 0.3 is 0 Å². The maximum absolute atomic E-state index is 12.5. The number of hydrogen-bond donors (Lipinski definition) is 1. The van der Waals surface area contributed by atoms with Crippen LogP contribution in [0.25, 0.3) is 0 Å². The zero-order valence-electron chi connectivity index (χ0n) is 17.3. The molecular formula is C24H30N2O4. The minimum Gasteiger partial charge on any atom is -0.486 e. The van der Waals surface area contributed by atoms with Crippen molar-refractivity contribution in [2.45, 2.75) is 31.9 Å². The standard InChI is InChI=1S/C24H30N2O4/c27-24(23-18-26(12-13-28-23)17-20-7-2-1-3-8-20)25-11-5-4-6-19-9-10-21-22(16-19)30-15-14-29-21/h1-3,7-10,16,23H,4-6,11-15,17-18H2,(H,25,27). The minimum atomic E-state index is -0.389. The van der Waals surface area contributed by atoms with Crippen molar-refractivity contribution >= 4 is 5.91 Å². The third-order valence-electron chi connectivity index (χ3n) is 5.49. The van der Waals surface area contributed by atoms with Gasteiger partial charge in [-0.25, -0.2) is 0 Å². The zero-order valence-corrected chi connectivity index (χ0v) is 17.3. The van der Waals surface area contributed by atoms with Crippen LogP contribution >= 0.6 is 0 Å². The predicted molar refractivity (Wildman–Crippen MR) is 115 cm³/mol. The Bertz CT molecular complexity index is 827. The normalized spacial score (nSPS) is 18.7. The van der Waals surface area contributed by atoms with Crippen molar-refractivity contribution in [3.05, 3.63) is 59.7 Å². The van der Waals surface area contributed by atoms with E-state index in [4.69, 9.17) is 14.2 Å². The first-order valence-corrected chi connectivity index (χ1v) is 10.8. The van der Waals surface area contributed by atoms with Crippen LogP contribution in [0.5, 0.6) is 11.5 Å². The van der Waals surface area contributed by atoms with Crippen molar-refractivity contribution in [2.75, 3.05) is 39.5 Å². The molecule has 1 N–H and O–H groups in total. The summed E-state index contributed by atoms with van der Waals surface area (Å²) in [4.78, 5) is 14.8. The Hall–Kier alpha value is -2.57. The summed E-state index contributed by atoms with van der Waals surface area (Å²) in [5, 5.41) is 3.04. The summed E-state index contributed by atoms with van der Waals surface area (Å²) in [7, 11) is 0. The van der Waals surface area contributed by atoms with Crippen LogP contribution in [0.4, 0.5) is 0 Å². The van der Waals surface area contributed by atoms with Crippen molar-refractivity contribution in [1.29, 1.82) is 0 Å². The third kappa shape index (κ3) is 5.74. The van der Waals surface area contributed by atoms with E-state index < -0.39 is 0 Å². The van der Waals surface area contributed by atoms with E-state index in [2.05, 4.69) is 34.5 Å². The number of ether oxygens (including phenoxy) is 3. The summed E-state index contributed by atoms with van der Waals surface area (Å²) in [6.45, 7) is 4.82. The van der Waals surface area contributed by atoms with Gasteiger partial charge in [-0.1, -0.05) is 36.4 Å². The lowest BCUT2D eigenvalue weighted by Crippen LogP contribution is -2.49. The number of carbonyl (C=O) groups is 1. The fraction of sp³-hybridized carbons (Fsp3) is 0.458. The summed E-state index contributed by atoms with van der Waals surface area (Å²) in [6, 6.07) is 16.5. The molecule has 2 heterocycles. The van der Waals surface area contributed by atoms with Crippen molar-refractivity contribution < 1.29 is 19.0 Å². The van der Waals surface area contributed by atoms with Gasteiger partial charge in [0.05, 0.1) is 6.61 Å². The number of benzene rings is 2. The van der Waals surface area contributed by atoms with Gasteiger partial charge in [0, 0.05) is 26.2 Å². The highest BCUT2D eigenvalue weighted by Gasteiger charge is 2.26. The van der Waals surface area contributed by atoms with Gasteiger partial charge in [-0.3, -0.25) is 9.69 Å². The minimum absolute atomic E-state index is 0.00732. The molecule has 1 atom stereocenters. The number of morpholine rings is 1. The average molecular weight is 411 g/mol. The fourth-order valence-electron chi connectivity index (χ4n) is 3.87. The molecule has 0 spiro atoms. The Morgan fingerprint density at radius 1 is 0.967 bits per heavy atom. The van der Waals surface area contributed by atoms with Gasteiger partial charge in [-0.15, -0.1) is 0 Å². The van der Waals surface area contributed by atoms with E-state index in [9.17, 15) is 4.79 Å². The molecule has 1 amide bonds. The second-order valence-corrected chi connectivity index (χ2v) is 7.81. The maximum Gasteiger partial charge on any atom is 0.250 e. The fourth-order valence-corrected chi connectivity index (χ4v) is 3.87. The van der Waals surface area contributed by atoms with Gasteiger partial charge in [0.25, 0.3) is 0 Å². The zero-order chi connectivity index (χ0) is 20.6. The number of amides is 1.